The maximum absolute atomic E-state index is 12.3. The minimum Gasteiger partial charge on any atom is -0.396 e. The van der Waals surface area contributed by atoms with Gasteiger partial charge < -0.3 is 10.0 Å². The van der Waals surface area contributed by atoms with Crippen LogP contribution in [0.2, 0.25) is 0 Å². The summed E-state index contributed by atoms with van der Waals surface area (Å²) in [5.74, 6) is 0.499. The van der Waals surface area contributed by atoms with Crippen LogP contribution in [-0.2, 0) is 11.3 Å². The average Bonchev–Trinajstić information content (AvgIpc) is 3.07. The summed E-state index contributed by atoms with van der Waals surface area (Å²) in [6, 6.07) is 10.5. The zero-order valence-corrected chi connectivity index (χ0v) is 13.7. The van der Waals surface area contributed by atoms with Crippen molar-refractivity contribution in [3.63, 3.8) is 0 Å². The lowest BCUT2D eigenvalue weighted by molar-refractivity contribution is -0.132. The second-order valence-corrected chi connectivity index (χ2v) is 6.71. The second kappa shape index (κ2) is 7.90. The number of nitrogens with zero attached hydrogens (tertiary/aromatic N) is 3. The van der Waals surface area contributed by atoms with Gasteiger partial charge in [0, 0.05) is 58.3 Å². The molecule has 2 fully saturated rings. The Balaban J connectivity index is 1.40. The number of piperazine rings is 1. The van der Waals surface area contributed by atoms with Gasteiger partial charge in [-0.1, -0.05) is 30.3 Å². The standard InChI is InChI=1S/C18H27N3O2/c22-15-17-6-7-21(13-17)18(23)14-20-10-8-19(9-11-20)12-16-4-2-1-3-5-16/h1-5,17,22H,6-15H2. The Labute approximate surface area is 138 Å². The van der Waals surface area contributed by atoms with Crippen LogP contribution in [0, 0.1) is 5.92 Å². The van der Waals surface area contributed by atoms with Crippen LogP contribution < -0.4 is 0 Å². The van der Waals surface area contributed by atoms with Crippen LogP contribution in [0.5, 0.6) is 0 Å². The molecule has 2 saturated heterocycles. The van der Waals surface area contributed by atoms with Crippen molar-refractivity contribution in [3.8, 4) is 0 Å². The molecule has 126 valence electrons. The highest BCUT2D eigenvalue weighted by Gasteiger charge is 2.27. The van der Waals surface area contributed by atoms with Gasteiger partial charge in [0.05, 0.1) is 6.54 Å². The Morgan fingerprint density at radius 2 is 1.74 bits per heavy atom. The van der Waals surface area contributed by atoms with Crippen LogP contribution in [-0.4, -0.2) is 78.1 Å². The molecular formula is C18H27N3O2. The molecule has 1 amide bonds. The van der Waals surface area contributed by atoms with E-state index in [9.17, 15) is 9.90 Å². The zero-order valence-electron chi connectivity index (χ0n) is 13.7. The molecule has 0 radical (unpaired) electrons. The minimum atomic E-state index is 0.196. The lowest BCUT2D eigenvalue weighted by atomic mass is 10.1. The van der Waals surface area contributed by atoms with Gasteiger partial charge >= 0.3 is 0 Å². The second-order valence-electron chi connectivity index (χ2n) is 6.71. The first-order valence-electron chi connectivity index (χ1n) is 8.62. The van der Waals surface area contributed by atoms with E-state index in [1.165, 1.54) is 5.56 Å². The molecule has 1 N–H and O–H groups in total. The van der Waals surface area contributed by atoms with Crippen LogP contribution in [0.4, 0.5) is 0 Å². The minimum absolute atomic E-state index is 0.196. The number of benzene rings is 1. The van der Waals surface area contributed by atoms with E-state index in [1.54, 1.807) is 0 Å². The van der Waals surface area contributed by atoms with E-state index in [4.69, 9.17) is 0 Å². The van der Waals surface area contributed by atoms with Crippen LogP contribution in [0.1, 0.15) is 12.0 Å². The van der Waals surface area contributed by atoms with Crippen molar-refractivity contribution in [3.05, 3.63) is 35.9 Å². The fourth-order valence-corrected chi connectivity index (χ4v) is 3.45. The van der Waals surface area contributed by atoms with E-state index in [-0.39, 0.29) is 18.4 Å². The summed E-state index contributed by atoms with van der Waals surface area (Å²) >= 11 is 0. The first kappa shape index (κ1) is 16.4. The van der Waals surface area contributed by atoms with Crippen molar-refractivity contribution in [2.75, 3.05) is 52.4 Å². The molecule has 0 aromatic heterocycles. The van der Waals surface area contributed by atoms with Crippen molar-refractivity contribution in [1.29, 1.82) is 0 Å². The average molecular weight is 317 g/mol. The molecule has 1 atom stereocenters. The van der Waals surface area contributed by atoms with Crippen LogP contribution in [0.25, 0.3) is 0 Å². The number of carbonyl (C=O) groups excluding carboxylic acids is 1. The summed E-state index contributed by atoms with van der Waals surface area (Å²) in [4.78, 5) is 19.0. The van der Waals surface area contributed by atoms with Gasteiger partial charge in [0.1, 0.15) is 0 Å². The molecule has 1 aromatic rings. The largest absolute Gasteiger partial charge is 0.396 e. The highest BCUT2D eigenvalue weighted by molar-refractivity contribution is 5.78. The monoisotopic (exact) mass is 317 g/mol. The molecule has 0 aliphatic carbocycles. The van der Waals surface area contributed by atoms with Crippen molar-refractivity contribution >= 4 is 5.91 Å². The number of aliphatic hydroxyl groups excluding tert-OH is 1. The third kappa shape index (κ3) is 4.53. The molecule has 23 heavy (non-hydrogen) atoms. The van der Waals surface area contributed by atoms with Gasteiger partial charge in [-0.2, -0.15) is 0 Å². The van der Waals surface area contributed by atoms with Crippen LogP contribution in [0.15, 0.2) is 30.3 Å². The lowest BCUT2D eigenvalue weighted by Gasteiger charge is -2.35. The highest BCUT2D eigenvalue weighted by atomic mass is 16.3. The number of rotatable bonds is 5. The molecule has 1 aromatic carbocycles. The van der Waals surface area contributed by atoms with Gasteiger partial charge in [0.25, 0.3) is 0 Å². The van der Waals surface area contributed by atoms with Gasteiger partial charge in [-0.15, -0.1) is 0 Å². The Kier molecular flexibility index (Phi) is 5.65. The number of hydrogen-bond donors (Lipinski definition) is 1. The van der Waals surface area contributed by atoms with E-state index in [0.717, 1.165) is 52.2 Å². The quantitative estimate of drug-likeness (QED) is 0.866. The lowest BCUT2D eigenvalue weighted by Crippen LogP contribution is -2.49. The molecule has 2 heterocycles. The van der Waals surface area contributed by atoms with Crippen molar-refractivity contribution in [2.45, 2.75) is 13.0 Å². The molecule has 2 aliphatic rings. The number of amides is 1. The van der Waals surface area contributed by atoms with Gasteiger partial charge in [-0.3, -0.25) is 14.6 Å². The molecule has 0 bridgehead atoms. The van der Waals surface area contributed by atoms with Crippen LogP contribution in [0.3, 0.4) is 0 Å². The van der Waals surface area contributed by atoms with Crippen molar-refractivity contribution < 1.29 is 9.90 Å². The topological polar surface area (TPSA) is 47.0 Å². The molecule has 1 unspecified atom stereocenters. The van der Waals surface area contributed by atoms with E-state index in [1.807, 2.05) is 11.0 Å². The SMILES string of the molecule is O=C(CN1CCN(Cc2ccccc2)CC1)N1CCC(CO)C1. The Bertz CT molecular complexity index is 500. The maximum Gasteiger partial charge on any atom is 0.236 e. The Morgan fingerprint density at radius 1 is 1.04 bits per heavy atom. The number of likely N-dealkylation sites (tertiary alicyclic amines) is 1. The highest BCUT2D eigenvalue weighted by Crippen LogP contribution is 2.16. The third-order valence-electron chi connectivity index (χ3n) is 4.97. The predicted molar refractivity (Wildman–Crippen MR) is 89.9 cm³/mol. The summed E-state index contributed by atoms with van der Waals surface area (Å²) < 4.78 is 0. The Morgan fingerprint density at radius 3 is 2.39 bits per heavy atom. The smallest absolute Gasteiger partial charge is 0.236 e. The molecule has 5 nitrogen and oxygen atoms in total. The fourth-order valence-electron chi connectivity index (χ4n) is 3.45. The molecule has 2 aliphatic heterocycles. The molecule has 5 heteroatoms. The summed E-state index contributed by atoms with van der Waals surface area (Å²) in [5.41, 5.74) is 1.35. The predicted octanol–water partition coefficient (Wildman–Crippen LogP) is 0.645. The van der Waals surface area contributed by atoms with Crippen LogP contribution >= 0.6 is 0 Å². The normalized spacial score (nSPS) is 23.3. The molecule has 0 spiro atoms. The summed E-state index contributed by atoms with van der Waals surface area (Å²) in [5, 5.41) is 9.18. The van der Waals surface area contributed by atoms with E-state index >= 15 is 0 Å². The van der Waals surface area contributed by atoms with Gasteiger partial charge in [-0.25, -0.2) is 0 Å². The van der Waals surface area contributed by atoms with Crippen molar-refractivity contribution in [2.24, 2.45) is 5.92 Å². The number of aliphatic hydroxyl groups is 1. The zero-order chi connectivity index (χ0) is 16.1. The van der Waals surface area contributed by atoms with Gasteiger partial charge in [-0.05, 0) is 12.0 Å². The fraction of sp³-hybridized carbons (Fsp3) is 0.611. The number of hydrogen-bond acceptors (Lipinski definition) is 4. The Hall–Kier alpha value is -1.43. The van der Waals surface area contributed by atoms with Crippen molar-refractivity contribution in [1.82, 2.24) is 14.7 Å². The first-order valence-corrected chi connectivity index (χ1v) is 8.62. The van der Waals surface area contributed by atoms with E-state index in [0.29, 0.717) is 6.54 Å². The van der Waals surface area contributed by atoms with E-state index < -0.39 is 0 Å². The van der Waals surface area contributed by atoms with E-state index in [2.05, 4.69) is 34.1 Å². The first-order chi connectivity index (χ1) is 11.2. The molecule has 3 rings (SSSR count). The van der Waals surface area contributed by atoms with Gasteiger partial charge in [0.2, 0.25) is 5.91 Å². The summed E-state index contributed by atoms with van der Waals surface area (Å²) in [6.45, 7) is 7.18. The van der Waals surface area contributed by atoms with Gasteiger partial charge in [0.15, 0.2) is 0 Å². The number of carbonyl (C=O) groups is 1. The molecular weight excluding hydrogens is 290 g/mol. The maximum atomic E-state index is 12.3. The molecule has 0 saturated carbocycles. The summed E-state index contributed by atoms with van der Waals surface area (Å²) in [6.07, 6.45) is 0.938. The summed E-state index contributed by atoms with van der Waals surface area (Å²) in [7, 11) is 0. The third-order valence-corrected chi connectivity index (χ3v) is 4.97.